The molecule has 1 amide bonds. The van der Waals surface area contributed by atoms with Gasteiger partial charge in [-0.1, -0.05) is 6.07 Å². The van der Waals surface area contributed by atoms with Crippen LogP contribution in [0.15, 0.2) is 36.4 Å². The molecule has 120 valence electrons. The molecular weight excluding hydrogens is 307 g/mol. The number of rotatable bonds is 2. The first kappa shape index (κ1) is 15.4. The van der Waals surface area contributed by atoms with E-state index >= 15 is 0 Å². The third-order valence-electron chi connectivity index (χ3n) is 3.93. The lowest BCUT2D eigenvalue weighted by molar-refractivity contribution is -0.137. The van der Waals surface area contributed by atoms with Crippen molar-refractivity contribution in [3.05, 3.63) is 53.1 Å². The zero-order valence-corrected chi connectivity index (χ0v) is 12.6. The Hall–Kier alpha value is -2.50. The van der Waals surface area contributed by atoms with Gasteiger partial charge in [-0.3, -0.25) is 4.79 Å². The van der Waals surface area contributed by atoms with Crippen LogP contribution in [-0.4, -0.2) is 25.0 Å². The number of fused-ring (bicyclic) bond motifs is 1. The lowest BCUT2D eigenvalue weighted by Crippen LogP contribution is -2.17. The monoisotopic (exact) mass is 321 g/mol. The molecule has 0 spiro atoms. The summed E-state index contributed by atoms with van der Waals surface area (Å²) in [6, 6.07) is 8.41. The van der Waals surface area contributed by atoms with E-state index < -0.39 is 11.7 Å². The molecule has 3 nitrogen and oxygen atoms in total. The van der Waals surface area contributed by atoms with E-state index in [1.807, 2.05) is 0 Å². The molecule has 23 heavy (non-hydrogen) atoms. The third-order valence-corrected chi connectivity index (χ3v) is 3.93. The molecule has 0 fully saturated rings. The van der Waals surface area contributed by atoms with Gasteiger partial charge in [-0.15, -0.1) is 0 Å². The van der Waals surface area contributed by atoms with Gasteiger partial charge in [-0.2, -0.15) is 13.2 Å². The van der Waals surface area contributed by atoms with Crippen molar-refractivity contribution < 1.29 is 22.7 Å². The first-order valence-corrected chi connectivity index (χ1v) is 6.95. The molecule has 1 aliphatic rings. The summed E-state index contributed by atoms with van der Waals surface area (Å²) in [5.74, 6) is 0.276. The quantitative estimate of drug-likeness (QED) is 0.838. The summed E-state index contributed by atoms with van der Waals surface area (Å²) in [5, 5.41) is 0. The highest BCUT2D eigenvalue weighted by Gasteiger charge is 2.31. The summed E-state index contributed by atoms with van der Waals surface area (Å²) in [6.07, 6.45) is -4.42. The average molecular weight is 321 g/mol. The molecule has 6 heteroatoms. The molecule has 0 aromatic heterocycles. The minimum absolute atomic E-state index is 0.0810. The first-order valence-electron chi connectivity index (χ1n) is 6.95. The molecule has 1 aliphatic heterocycles. The zero-order chi connectivity index (χ0) is 16.8. The number of ether oxygens (including phenoxy) is 1. The number of hydrogen-bond acceptors (Lipinski definition) is 2. The molecule has 0 N–H and O–H groups in total. The Morgan fingerprint density at radius 1 is 1.09 bits per heavy atom. The van der Waals surface area contributed by atoms with Crippen molar-refractivity contribution in [1.82, 2.24) is 4.90 Å². The van der Waals surface area contributed by atoms with Crippen LogP contribution in [0.5, 0.6) is 5.75 Å². The van der Waals surface area contributed by atoms with Crippen LogP contribution in [0, 0.1) is 0 Å². The van der Waals surface area contributed by atoms with Gasteiger partial charge in [-0.05, 0) is 41.5 Å². The predicted octanol–water partition coefficient (Wildman–Crippen LogP) is 3.97. The van der Waals surface area contributed by atoms with Crippen LogP contribution in [0.2, 0.25) is 0 Å². The summed E-state index contributed by atoms with van der Waals surface area (Å²) in [4.78, 5) is 13.5. The van der Waals surface area contributed by atoms with Crippen molar-refractivity contribution >= 4 is 5.91 Å². The Morgan fingerprint density at radius 2 is 1.83 bits per heavy atom. The maximum Gasteiger partial charge on any atom is 0.416 e. The van der Waals surface area contributed by atoms with Gasteiger partial charge in [0.05, 0.1) is 12.7 Å². The fourth-order valence-electron chi connectivity index (χ4n) is 2.74. The summed E-state index contributed by atoms with van der Waals surface area (Å²) in [7, 11) is 3.10. The minimum Gasteiger partial charge on any atom is -0.496 e. The van der Waals surface area contributed by atoms with E-state index in [0.717, 1.165) is 17.7 Å². The Morgan fingerprint density at radius 3 is 2.48 bits per heavy atom. The summed E-state index contributed by atoms with van der Waals surface area (Å²) in [6.45, 7) is 0.448. The Kier molecular flexibility index (Phi) is 3.55. The number of amides is 1. The molecule has 0 atom stereocenters. The molecule has 0 saturated carbocycles. The lowest BCUT2D eigenvalue weighted by atomic mass is 9.98. The molecule has 0 aliphatic carbocycles. The second kappa shape index (κ2) is 5.30. The predicted molar refractivity (Wildman–Crippen MR) is 79.2 cm³/mol. The summed E-state index contributed by atoms with van der Waals surface area (Å²) in [5.41, 5.74) is 1.60. The van der Waals surface area contributed by atoms with Gasteiger partial charge in [-0.25, -0.2) is 0 Å². The van der Waals surface area contributed by atoms with E-state index in [0.29, 0.717) is 29.0 Å². The van der Waals surface area contributed by atoms with Crippen LogP contribution in [0.4, 0.5) is 13.2 Å². The highest BCUT2D eigenvalue weighted by molar-refractivity contribution is 5.98. The van der Waals surface area contributed by atoms with Crippen LogP contribution in [0.1, 0.15) is 21.5 Å². The van der Waals surface area contributed by atoms with Crippen LogP contribution in [-0.2, 0) is 12.7 Å². The second-order valence-corrected chi connectivity index (χ2v) is 5.45. The Bertz CT molecular complexity index is 784. The van der Waals surface area contributed by atoms with Crippen molar-refractivity contribution in [3.8, 4) is 16.9 Å². The van der Waals surface area contributed by atoms with Crippen molar-refractivity contribution in [3.63, 3.8) is 0 Å². The maximum atomic E-state index is 12.9. The highest BCUT2D eigenvalue weighted by Crippen LogP contribution is 2.38. The van der Waals surface area contributed by atoms with Crippen LogP contribution in [0.25, 0.3) is 11.1 Å². The van der Waals surface area contributed by atoms with Gasteiger partial charge in [0.2, 0.25) is 0 Å². The minimum atomic E-state index is -4.42. The molecular formula is C17H14F3NO2. The lowest BCUT2D eigenvalue weighted by Gasteiger charge is -2.13. The van der Waals surface area contributed by atoms with Crippen molar-refractivity contribution in [2.24, 2.45) is 0 Å². The zero-order valence-electron chi connectivity index (χ0n) is 12.6. The molecule has 2 aromatic rings. The largest absolute Gasteiger partial charge is 0.496 e. The van der Waals surface area contributed by atoms with Crippen molar-refractivity contribution in [1.29, 1.82) is 0 Å². The molecule has 0 unspecified atom stereocenters. The number of halogens is 3. The van der Waals surface area contributed by atoms with E-state index in [1.54, 1.807) is 30.1 Å². The molecule has 3 rings (SSSR count). The maximum absolute atomic E-state index is 12.9. The van der Waals surface area contributed by atoms with Gasteiger partial charge in [0.1, 0.15) is 5.75 Å². The van der Waals surface area contributed by atoms with Gasteiger partial charge in [0, 0.05) is 24.7 Å². The van der Waals surface area contributed by atoms with E-state index in [4.69, 9.17) is 4.74 Å². The van der Waals surface area contributed by atoms with E-state index in [1.165, 1.54) is 13.2 Å². The number of carbonyl (C=O) groups excluding carboxylic acids is 1. The Balaban J connectivity index is 2.12. The van der Waals surface area contributed by atoms with E-state index in [9.17, 15) is 18.0 Å². The van der Waals surface area contributed by atoms with Crippen LogP contribution >= 0.6 is 0 Å². The van der Waals surface area contributed by atoms with Crippen LogP contribution < -0.4 is 4.74 Å². The Labute approximate surface area is 131 Å². The number of benzene rings is 2. The van der Waals surface area contributed by atoms with E-state index in [2.05, 4.69) is 0 Å². The third kappa shape index (κ3) is 2.65. The van der Waals surface area contributed by atoms with Gasteiger partial charge >= 0.3 is 6.18 Å². The van der Waals surface area contributed by atoms with Crippen molar-refractivity contribution in [2.75, 3.05) is 14.2 Å². The van der Waals surface area contributed by atoms with Crippen LogP contribution in [0.3, 0.4) is 0 Å². The number of nitrogens with zero attached hydrogens (tertiary/aromatic N) is 1. The SMILES string of the molecule is COc1ccc(C(F)(F)F)cc1-c1ccc2c(c1)CN(C)C2=O. The number of alkyl halides is 3. The highest BCUT2D eigenvalue weighted by atomic mass is 19.4. The number of carbonyl (C=O) groups is 1. The van der Waals surface area contributed by atoms with Gasteiger partial charge in [0.15, 0.2) is 0 Å². The topological polar surface area (TPSA) is 29.5 Å². The summed E-state index contributed by atoms with van der Waals surface area (Å²) >= 11 is 0. The standard InChI is InChI=1S/C17H14F3NO2/c1-21-9-11-7-10(3-5-13(11)16(21)22)14-8-12(17(18,19)20)4-6-15(14)23-2/h3-8H,9H2,1-2H3. The fourth-order valence-corrected chi connectivity index (χ4v) is 2.74. The molecule has 1 heterocycles. The average Bonchev–Trinajstić information content (AvgIpc) is 2.80. The van der Waals surface area contributed by atoms with E-state index in [-0.39, 0.29) is 5.91 Å². The van der Waals surface area contributed by atoms with Gasteiger partial charge < -0.3 is 9.64 Å². The molecule has 0 saturated heterocycles. The normalized spacial score (nSPS) is 14.1. The second-order valence-electron chi connectivity index (χ2n) is 5.45. The van der Waals surface area contributed by atoms with Crippen molar-refractivity contribution in [2.45, 2.75) is 12.7 Å². The molecule has 2 aromatic carbocycles. The smallest absolute Gasteiger partial charge is 0.416 e. The first-order chi connectivity index (χ1) is 10.8. The number of methoxy groups -OCH3 is 1. The fraction of sp³-hybridized carbons (Fsp3) is 0.235. The van der Waals surface area contributed by atoms with Gasteiger partial charge in [0.25, 0.3) is 5.91 Å². The molecule has 0 bridgehead atoms. The number of hydrogen-bond donors (Lipinski definition) is 0. The molecule has 0 radical (unpaired) electrons. The summed E-state index contributed by atoms with van der Waals surface area (Å²) < 4.78 is 44.0.